The van der Waals surface area contributed by atoms with E-state index >= 15 is 0 Å². The van der Waals surface area contributed by atoms with Crippen molar-refractivity contribution >= 4 is 5.91 Å². The Kier molecular flexibility index (Phi) is 3.78. The topological polar surface area (TPSA) is 46.3 Å². The predicted molar refractivity (Wildman–Crippen MR) is 85.4 cm³/mol. The zero-order chi connectivity index (χ0) is 15.0. The van der Waals surface area contributed by atoms with Crippen LogP contribution in [0.2, 0.25) is 0 Å². The quantitative estimate of drug-likeness (QED) is 0.863. The van der Waals surface area contributed by atoms with Crippen molar-refractivity contribution in [3.63, 3.8) is 0 Å². The largest absolute Gasteiger partial charge is 0.338 e. The van der Waals surface area contributed by atoms with Crippen molar-refractivity contribution in [2.24, 2.45) is 11.1 Å². The number of piperidine rings is 1. The van der Waals surface area contributed by atoms with Gasteiger partial charge in [0.2, 0.25) is 0 Å². The highest BCUT2D eigenvalue weighted by Gasteiger charge is 2.35. The summed E-state index contributed by atoms with van der Waals surface area (Å²) in [6.07, 6.45) is 5.70. The average Bonchev–Trinajstić information content (AvgIpc) is 2.48. The summed E-state index contributed by atoms with van der Waals surface area (Å²) in [5.41, 5.74) is 9.82. The van der Waals surface area contributed by atoms with E-state index in [1.807, 2.05) is 11.0 Å². The summed E-state index contributed by atoms with van der Waals surface area (Å²) >= 11 is 0. The maximum atomic E-state index is 12.8. The first-order chi connectivity index (χ1) is 9.97. The van der Waals surface area contributed by atoms with Gasteiger partial charge in [-0.15, -0.1) is 0 Å². The Hall–Kier alpha value is -1.35. The van der Waals surface area contributed by atoms with Gasteiger partial charge in [0.25, 0.3) is 5.91 Å². The molecule has 1 fully saturated rings. The smallest absolute Gasteiger partial charge is 0.253 e. The molecule has 0 radical (unpaired) electrons. The second-order valence-corrected chi connectivity index (χ2v) is 7.30. The number of nitrogens with two attached hydrogens (primary N) is 1. The van der Waals surface area contributed by atoms with Crippen molar-refractivity contribution in [2.75, 3.05) is 13.1 Å². The van der Waals surface area contributed by atoms with Crippen LogP contribution in [0.1, 0.15) is 54.6 Å². The fourth-order valence-electron chi connectivity index (χ4n) is 3.60. The van der Waals surface area contributed by atoms with E-state index in [2.05, 4.69) is 26.0 Å². The van der Waals surface area contributed by atoms with Gasteiger partial charge in [-0.25, -0.2) is 0 Å². The first-order valence-corrected chi connectivity index (χ1v) is 8.14. The number of rotatable bonds is 1. The van der Waals surface area contributed by atoms with E-state index in [0.29, 0.717) is 0 Å². The number of aryl methyl sites for hydroxylation is 2. The molecule has 21 heavy (non-hydrogen) atoms. The summed E-state index contributed by atoms with van der Waals surface area (Å²) in [5.74, 6) is 0.170. The standard InChI is InChI=1S/C18H26N2O/c1-18(2)12-20(10-9-16(18)19)17(21)15-8-7-13-5-3-4-6-14(13)11-15/h7-8,11,16H,3-6,9-10,12,19H2,1-2H3. The van der Waals surface area contributed by atoms with Gasteiger partial charge in [0.15, 0.2) is 0 Å². The lowest BCUT2D eigenvalue weighted by molar-refractivity contribution is 0.0533. The molecule has 1 aromatic carbocycles. The summed E-state index contributed by atoms with van der Waals surface area (Å²) in [4.78, 5) is 14.7. The minimum atomic E-state index is 0.00210. The van der Waals surface area contributed by atoms with Gasteiger partial charge < -0.3 is 10.6 Å². The number of hydrogen-bond donors (Lipinski definition) is 1. The van der Waals surface area contributed by atoms with Gasteiger partial charge in [0.05, 0.1) is 0 Å². The molecule has 0 aromatic heterocycles. The van der Waals surface area contributed by atoms with E-state index in [0.717, 1.165) is 37.9 Å². The maximum Gasteiger partial charge on any atom is 0.253 e. The molecule has 3 nitrogen and oxygen atoms in total. The molecule has 0 bridgehead atoms. The second kappa shape index (κ2) is 5.45. The fourth-order valence-corrected chi connectivity index (χ4v) is 3.60. The second-order valence-electron chi connectivity index (χ2n) is 7.30. The van der Waals surface area contributed by atoms with E-state index < -0.39 is 0 Å². The van der Waals surface area contributed by atoms with Crippen LogP contribution in [-0.2, 0) is 12.8 Å². The van der Waals surface area contributed by atoms with Crippen LogP contribution in [0, 0.1) is 5.41 Å². The molecule has 1 aliphatic carbocycles. The van der Waals surface area contributed by atoms with Crippen LogP contribution in [0.25, 0.3) is 0 Å². The number of carbonyl (C=O) groups excluding carboxylic acids is 1. The Morgan fingerprint density at radius 3 is 2.67 bits per heavy atom. The maximum absolute atomic E-state index is 12.8. The summed E-state index contributed by atoms with van der Waals surface area (Å²) in [7, 11) is 0. The molecule has 0 saturated carbocycles. The van der Waals surface area contributed by atoms with E-state index in [4.69, 9.17) is 5.73 Å². The molecular weight excluding hydrogens is 260 g/mol. The van der Waals surface area contributed by atoms with E-state index in [9.17, 15) is 4.79 Å². The molecule has 1 heterocycles. The van der Waals surface area contributed by atoms with Crippen molar-refractivity contribution in [2.45, 2.75) is 52.0 Å². The monoisotopic (exact) mass is 286 g/mol. The third kappa shape index (κ3) is 2.84. The first-order valence-electron chi connectivity index (χ1n) is 8.14. The summed E-state index contributed by atoms with van der Waals surface area (Å²) in [6, 6.07) is 6.47. The lowest BCUT2D eigenvalue weighted by Gasteiger charge is -2.42. The number of nitrogens with zero attached hydrogens (tertiary/aromatic N) is 1. The minimum absolute atomic E-state index is 0.00210. The Balaban J connectivity index is 1.79. The Morgan fingerprint density at radius 1 is 1.24 bits per heavy atom. The third-order valence-corrected chi connectivity index (χ3v) is 5.19. The Labute approximate surface area is 127 Å². The van der Waals surface area contributed by atoms with Gasteiger partial charge in [-0.05, 0) is 60.8 Å². The van der Waals surface area contributed by atoms with Crippen LogP contribution in [-0.4, -0.2) is 29.9 Å². The van der Waals surface area contributed by atoms with Crippen LogP contribution in [0.15, 0.2) is 18.2 Å². The number of carbonyl (C=O) groups is 1. The van der Waals surface area contributed by atoms with Crippen LogP contribution in [0.3, 0.4) is 0 Å². The van der Waals surface area contributed by atoms with Gasteiger partial charge in [-0.1, -0.05) is 19.9 Å². The molecule has 1 aromatic rings. The normalized spacial score (nSPS) is 24.5. The molecule has 3 heteroatoms. The number of benzene rings is 1. The summed E-state index contributed by atoms with van der Waals surface area (Å²) in [6.45, 7) is 5.85. The Morgan fingerprint density at radius 2 is 1.95 bits per heavy atom. The molecule has 114 valence electrons. The van der Waals surface area contributed by atoms with E-state index in [-0.39, 0.29) is 17.4 Å². The molecule has 3 rings (SSSR count). The lowest BCUT2D eigenvalue weighted by Crippen LogP contribution is -2.54. The number of hydrogen-bond acceptors (Lipinski definition) is 2. The molecule has 1 atom stereocenters. The van der Waals surface area contributed by atoms with Gasteiger partial charge in [-0.3, -0.25) is 4.79 Å². The first kappa shape index (κ1) is 14.6. The van der Waals surface area contributed by atoms with Crippen molar-refractivity contribution in [3.05, 3.63) is 34.9 Å². The molecule has 2 aliphatic rings. The summed E-state index contributed by atoms with van der Waals surface area (Å²) in [5, 5.41) is 0. The van der Waals surface area contributed by atoms with Gasteiger partial charge in [0.1, 0.15) is 0 Å². The van der Waals surface area contributed by atoms with Crippen LogP contribution >= 0.6 is 0 Å². The van der Waals surface area contributed by atoms with Gasteiger partial charge in [0, 0.05) is 24.7 Å². The van der Waals surface area contributed by atoms with Crippen molar-refractivity contribution in [3.8, 4) is 0 Å². The third-order valence-electron chi connectivity index (χ3n) is 5.19. The minimum Gasteiger partial charge on any atom is -0.338 e. The highest BCUT2D eigenvalue weighted by atomic mass is 16.2. The summed E-state index contributed by atoms with van der Waals surface area (Å²) < 4.78 is 0. The molecule has 0 spiro atoms. The number of amides is 1. The van der Waals surface area contributed by atoms with Gasteiger partial charge >= 0.3 is 0 Å². The molecule has 2 N–H and O–H groups in total. The lowest BCUT2D eigenvalue weighted by atomic mass is 9.79. The molecule has 1 aliphatic heterocycles. The molecule has 1 unspecified atom stereocenters. The van der Waals surface area contributed by atoms with Crippen molar-refractivity contribution in [1.29, 1.82) is 0 Å². The van der Waals surface area contributed by atoms with Gasteiger partial charge in [-0.2, -0.15) is 0 Å². The number of fused-ring (bicyclic) bond motifs is 1. The molecule has 1 amide bonds. The Bertz CT molecular complexity index is 550. The molecule has 1 saturated heterocycles. The van der Waals surface area contributed by atoms with Crippen molar-refractivity contribution < 1.29 is 4.79 Å². The zero-order valence-electron chi connectivity index (χ0n) is 13.2. The van der Waals surface area contributed by atoms with Crippen LogP contribution < -0.4 is 5.73 Å². The SMILES string of the molecule is CC1(C)CN(C(=O)c2ccc3c(c2)CCCC3)CCC1N. The highest BCUT2D eigenvalue weighted by Crippen LogP contribution is 2.29. The van der Waals surface area contributed by atoms with E-state index in [1.54, 1.807) is 0 Å². The van der Waals surface area contributed by atoms with Crippen LogP contribution in [0.5, 0.6) is 0 Å². The average molecular weight is 286 g/mol. The zero-order valence-corrected chi connectivity index (χ0v) is 13.2. The fraction of sp³-hybridized carbons (Fsp3) is 0.611. The van der Waals surface area contributed by atoms with Crippen molar-refractivity contribution in [1.82, 2.24) is 4.90 Å². The highest BCUT2D eigenvalue weighted by molar-refractivity contribution is 5.94. The predicted octanol–water partition coefficient (Wildman–Crippen LogP) is 2.76. The van der Waals surface area contributed by atoms with Crippen LogP contribution in [0.4, 0.5) is 0 Å². The van der Waals surface area contributed by atoms with E-state index in [1.165, 1.54) is 24.0 Å². The molecular formula is C18H26N2O. The number of likely N-dealkylation sites (tertiary alicyclic amines) is 1.